The Morgan fingerprint density at radius 1 is 1.47 bits per heavy atom. The summed E-state index contributed by atoms with van der Waals surface area (Å²) in [6, 6.07) is 0. The first kappa shape index (κ1) is 12.3. The van der Waals surface area contributed by atoms with E-state index in [0.29, 0.717) is 5.13 Å². The molecule has 1 rings (SSSR count). The van der Waals surface area contributed by atoms with E-state index in [-0.39, 0.29) is 19.6 Å². The summed E-state index contributed by atoms with van der Waals surface area (Å²) in [5.74, 6) is 0. The van der Waals surface area contributed by atoms with Crippen molar-refractivity contribution in [3.05, 3.63) is 11.1 Å². The van der Waals surface area contributed by atoms with Gasteiger partial charge in [-0.1, -0.05) is 11.3 Å². The van der Waals surface area contributed by atoms with Gasteiger partial charge in [-0.15, -0.1) is 0 Å². The zero-order valence-corrected chi connectivity index (χ0v) is 8.70. The molecule has 0 unspecified atom stereocenters. The molecule has 0 atom stereocenters. The Labute approximate surface area is 89.1 Å². The molecule has 15 heavy (non-hydrogen) atoms. The van der Waals surface area contributed by atoms with Crippen LogP contribution in [0.1, 0.15) is 17.7 Å². The molecule has 0 saturated carbocycles. The number of nitrogen functional groups attached to an aromatic ring is 1. The van der Waals surface area contributed by atoms with Crippen LogP contribution < -0.4 is 5.73 Å². The maximum Gasteiger partial charge on any atom is 0.389 e. The van der Waals surface area contributed by atoms with Gasteiger partial charge in [0.15, 0.2) is 5.13 Å². The molecule has 0 bridgehead atoms. The number of hydrogen-bond donors (Lipinski definition) is 1. The Morgan fingerprint density at radius 2 is 2.20 bits per heavy atom. The zero-order chi connectivity index (χ0) is 11.3. The van der Waals surface area contributed by atoms with Crippen molar-refractivity contribution < 1.29 is 17.9 Å². The minimum atomic E-state index is -4.10. The van der Waals surface area contributed by atoms with Crippen LogP contribution in [-0.2, 0) is 11.3 Å². The Balaban J connectivity index is 2.07. The van der Waals surface area contributed by atoms with Crippen LogP contribution in [-0.4, -0.2) is 17.8 Å². The molecule has 0 aliphatic rings. The summed E-state index contributed by atoms with van der Waals surface area (Å²) in [5, 5.41) is 0.434. The van der Waals surface area contributed by atoms with Gasteiger partial charge in [0.2, 0.25) is 0 Å². The van der Waals surface area contributed by atoms with Crippen molar-refractivity contribution >= 4 is 16.5 Å². The lowest BCUT2D eigenvalue weighted by Crippen LogP contribution is -2.08. The number of alkyl halides is 3. The molecule has 1 aromatic rings. The van der Waals surface area contributed by atoms with E-state index in [0.717, 1.165) is 4.88 Å². The highest BCUT2D eigenvalue weighted by molar-refractivity contribution is 7.15. The fourth-order valence-electron chi connectivity index (χ4n) is 0.937. The van der Waals surface area contributed by atoms with Gasteiger partial charge in [-0.25, -0.2) is 4.98 Å². The number of thiazole rings is 1. The van der Waals surface area contributed by atoms with Gasteiger partial charge in [0.05, 0.1) is 11.5 Å². The number of nitrogens with zero attached hydrogens (tertiary/aromatic N) is 1. The van der Waals surface area contributed by atoms with E-state index in [4.69, 9.17) is 10.5 Å². The predicted molar refractivity (Wildman–Crippen MR) is 51.5 cm³/mol. The molecular weight excluding hydrogens is 229 g/mol. The fourth-order valence-corrected chi connectivity index (χ4v) is 1.56. The summed E-state index contributed by atoms with van der Waals surface area (Å²) in [6.45, 7) is 0.365. The zero-order valence-electron chi connectivity index (χ0n) is 7.88. The molecule has 7 heteroatoms. The molecule has 3 nitrogen and oxygen atoms in total. The molecule has 86 valence electrons. The summed E-state index contributed by atoms with van der Waals surface area (Å²) in [5.41, 5.74) is 5.37. The van der Waals surface area contributed by atoms with E-state index in [1.165, 1.54) is 11.3 Å². The second-order valence-electron chi connectivity index (χ2n) is 2.94. The lowest BCUT2D eigenvalue weighted by Gasteiger charge is -2.05. The lowest BCUT2D eigenvalue weighted by atomic mass is 10.3. The van der Waals surface area contributed by atoms with Crippen LogP contribution in [0.2, 0.25) is 0 Å². The minimum absolute atomic E-state index is 0.0161. The molecule has 0 radical (unpaired) electrons. The molecule has 2 N–H and O–H groups in total. The Morgan fingerprint density at radius 3 is 2.73 bits per heavy atom. The number of aromatic nitrogens is 1. The van der Waals surface area contributed by atoms with Crippen molar-refractivity contribution in [2.75, 3.05) is 12.3 Å². The van der Waals surface area contributed by atoms with E-state index in [9.17, 15) is 13.2 Å². The van der Waals surface area contributed by atoms with Crippen molar-refractivity contribution in [3.63, 3.8) is 0 Å². The highest BCUT2D eigenvalue weighted by Gasteiger charge is 2.25. The molecule has 0 aromatic carbocycles. The number of nitrogens with two attached hydrogens (primary N) is 1. The quantitative estimate of drug-likeness (QED) is 0.805. The van der Waals surface area contributed by atoms with Crippen LogP contribution in [0.4, 0.5) is 18.3 Å². The maximum atomic E-state index is 11.7. The largest absolute Gasteiger partial charge is 0.389 e. The van der Waals surface area contributed by atoms with Crippen LogP contribution in [0, 0.1) is 0 Å². The van der Waals surface area contributed by atoms with Crippen LogP contribution in [0.3, 0.4) is 0 Å². The summed E-state index contributed by atoms with van der Waals surface area (Å²) in [6.07, 6.45) is -3.36. The average Bonchev–Trinajstić information content (AvgIpc) is 2.49. The van der Waals surface area contributed by atoms with Crippen molar-refractivity contribution in [3.8, 4) is 0 Å². The maximum absolute atomic E-state index is 11.7. The Bertz CT molecular complexity index is 300. The van der Waals surface area contributed by atoms with Gasteiger partial charge in [0.25, 0.3) is 0 Å². The van der Waals surface area contributed by atoms with Crippen LogP contribution >= 0.6 is 11.3 Å². The van der Waals surface area contributed by atoms with Crippen LogP contribution in [0.5, 0.6) is 0 Å². The van der Waals surface area contributed by atoms with Crippen LogP contribution in [0.15, 0.2) is 6.20 Å². The van der Waals surface area contributed by atoms with Gasteiger partial charge in [-0.3, -0.25) is 0 Å². The second kappa shape index (κ2) is 5.32. The molecule has 0 fully saturated rings. The van der Waals surface area contributed by atoms with Crippen LogP contribution in [0.25, 0.3) is 0 Å². The Kier molecular flexibility index (Phi) is 4.34. The third kappa shape index (κ3) is 5.58. The van der Waals surface area contributed by atoms with Crippen molar-refractivity contribution in [1.82, 2.24) is 4.98 Å². The molecule has 0 saturated heterocycles. The average molecular weight is 240 g/mol. The van der Waals surface area contributed by atoms with E-state index >= 15 is 0 Å². The molecule has 1 aromatic heterocycles. The third-order valence-electron chi connectivity index (χ3n) is 1.56. The first-order chi connectivity index (χ1) is 6.97. The molecule has 0 aliphatic heterocycles. The van der Waals surface area contributed by atoms with Gasteiger partial charge in [0, 0.05) is 19.2 Å². The first-order valence-corrected chi connectivity index (χ1v) is 5.14. The number of halogens is 3. The van der Waals surface area contributed by atoms with E-state index in [1.807, 2.05) is 0 Å². The Hall–Kier alpha value is -0.820. The molecule has 0 amide bonds. The molecule has 1 heterocycles. The minimum Gasteiger partial charge on any atom is -0.376 e. The van der Waals surface area contributed by atoms with Crippen molar-refractivity contribution in [1.29, 1.82) is 0 Å². The van der Waals surface area contributed by atoms with Gasteiger partial charge in [0.1, 0.15) is 0 Å². The number of ether oxygens (including phenoxy) is 1. The smallest absolute Gasteiger partial charge is 0.376 e. The SMILES string of the molecule is Nc1ncc(COCCCC(F)(F)F)s1. The number of hydrogen-bond acceptors (Lipinski definition) is 4. The normalized spacial score (nSPS) is 11.9. The topological polar surface area (TPSA) is 48.1 Å². The third-order valence-corrected chi connectivity index (χ3v) is 2.36. The lowest BCUT2D eigenvalue weighted by molar-refractivity contribution is -0.138. The van der Waals surface area contributed by atoms with E-state index < -0.39 is 12.6 Å². The predicted octanol–water partition coefficient (Wildman–Crippen LogP) is 2.58. The van der Waals surface area contributed by atoms with Gasteiger partial charge in [-0.2, -0.15) is 13.2 Å². The molecule has 0 aliphatic carbocycles. The number of anilines is 1. The van der Waals surface area contributed by atoms with Crippen molar-refractivity contribution in [2.45, 2.75) is 25.6 Å². The van der Waals surface area contributed by atoms with Gasteiger partial charge in [-0.05, 0) is 6.42 Å². The molecule has 0 spiro atoms. The summed E-state index contributed by atoms with van der Waals surface area (Å²) >= 11 is 1.27. The highest BCUT2D eigenvalue weighted by Crippen LogP contribution is 2.21. The van der Waals surface area contributed by atoms with E-state index in [1.54, 1.807) is 6.20 Å². The second-order valence-corrected chi connectivity index (χ2v) is 4.08. The standard InChI is InChI=1S/C8H11F3N2OS/c9-8(10,11)2-1-3-14-5-6-4-13-7(12)15-6/h4H,1-3,5H2,(H2,12,13). The summed E-state index contributed by atoms with van der Waals surface area (Å²) in [4.78, 5) is 4.61. The first-order valence-electron chi connectivity index (χ1n) is 4.32. The van der Waals surface area contributed by atoms with E-state index in [2.05, 4.69) is 4.98 Å². The summed E-state index contributed by atoms with van der Waals surface area (Å²) in [7, 11) is 0. The van der Waals surface area contributed by atoms with Crippen molar-refractivity contribution in [2.24, 2.45) is 0 Å². The fraction of sp³-hybridized carbons (Fsp3) is 0.625. The van der Waals surface area contributed by atoms with Gasteiger partial charge < -0.3 is 10.5 Å². The van der Waals surface area contributed by atoms with Gasteiger partial charge >= 0.3 is 6.18 Å². The highest BCUT2D eigenvalue weighted by atomic mass is 32.1. The molecular formula is C8H11F3N2OS. The monoisotopic (exact) mass is 240 g/mol. The number of rotatable bonds is 5. The summed E-state index contributed by atoms with van der Waals surface area (Å²) < 4.78 is 40.2.